The van der Waals surface area contributed by atoms with Crippen LogP contribution >= 0.6 is 0 Å². The zero-order chi connectivity index (χ0) is 14.5. The summed E-state index contributed by atoms with van der Waals surface area (Å²) in [6, 6.07) is 3.96. The third-order valence-corrected chi connectivity index (χ3v) is 3.82. The predicted molar refractivity (Wildman–Crippen MR) is 84.6 cm³/mol. The van der Waals surface area contributed by atoms with Gasteiger partial charge in [0.15, 0.2) is 0 Å². The number of allylic oxidation sites excluding steroid dienone is 3. The summed E-state index contributed by atoms with van der Waals surface area (Å²) in [4.78, 5) is 8.94. The number of hydrogen-bond acceptors (Lipinski definition) is 3. The van der Waals surface area contributed by atoms with Gasteiger partial charge in [-0.1, -0.05) is 13.5 Å². The molecule has 106 valence electrons. The van der Waals surface area contributed by atoms with Crippen molar-refractivity contribution in [1.82, 2.24) is 10.3 Å². The van der Waals surface area contributed by atoms with Gasteiger partial charge in [0.25, 0.3) is 0 Å². The molecule has 0 aliphatic heterocycles. The van der Waals surface area contributed by atoms with Gasteiger partial charge in [0.05, 0.1) is 5.71 Å². The summed E-state index contributed by atoms with van der Waals surface area (Å²) < 4.78 is 0. The minimum Gasteiger partial charge on any atom is -0.392 e. The van der Waals surface area contributed by atoms with Crippen LogP contribution in [0.2, 0.25) is 0 Å². The largest absolute Gasteiger partial charge is 0.392 e. The van der Waals surface area contributed by atoms with Gasteiger partial charge in [-0.2, -0.15) is 0 Å². The molecule has 0 radical (unpaired) electrons. The Morgan fingerprint density at radius 3 is 2.85 bits per heavy atom. The Labute approximate surface area is 121 Å². The van der Waals surface area contributed by atoms with Crippen molar-refractivity contribution in [2.75, 3.05) is 7.05 Å². The lowest BCUT2D eigenvalue weighted by Crippen LogP contribution is -2.08. The first-order valence-electron chi connectivity index (χ1n) is 7.15. The van der Waals surface area contributed by atoms with E-state index in [2.05, 4.69) is 23.8 Å². The molecule has 1 unspecified atom stereocenters. The van der Waals surface area contributed by atoms with Crippen LogP contribution in [0.25, 0.3) is 0 Å². The second-order valence-corrected chi connectivity index (χ2v) is 5.43. The zero-order valence-corrected chi connectivity index (χ0v) is 12.6. The maximum atomic E-state index is 4.76. The molecule has 1 fully saturated rings. The van der Waals surface area contributed by atoms with Gasteiger partial charge < -0.3 is 5.32 Å². The van der Waals surface area contributed by atoms with Crippen molar-refractivity contribution in [2.45, 2.75) is 26.7 Å². The maximum absolute atomic E-state index is 4.76. The molecule has 3 heteroatoms. The molecule has 2 rings (SSSR count). The fraction of sp³-hybridized carbons (Fsp3) is 0.412. The number of aliphatic imine (C=N–C) groups is 1. The van der Waals surface area contributed by atoms with Crippen LogP contribution in [0.5, 0.6) is 0 Å². The van der Waals surface area contributed by atoms with Crippen molar-refractivity contribution in [2.24, 2.45) is 16.8 Å². The van der Waals surface area contributed by atoms with E-state index in [1.165, 1.54) is 12.8 Å². The number of nitrogens with one attached hydrogen (secondary N) is 1. The zero-order valence-electron chi connectivity index (χ0n) is 12.6. The standard InChI is InChI=1S/C17H23N3/c1-12(18-4)10-17(16-6-5-9-19-11-16)20-14(3)13(2)15-7-8-15/h5-6,9-11,13,15,18H,3,7-8H2,1-2,4H3/b12-10-,20-17+. The summed E-state index contributed by atoms with van der Waals surface area (Å²) in [6.45, 7) is 8.40. The average molecular weight is 269 g/mol. The molecule has 0 amide bonds. The third-order valence-electron chi connectivity index (χ3n) is 3.82. The number of rotatable bonds is 6. The summed E-state index contributed by atoms with van der Waals surface area (Å²) in [5.74, 6) is 1.24. The Morgan fingerprint density at radius 2 is 2.30 bits per heavy atom. The highest BCUT2D eigenvalue weighted by atomic mass is 14.8. The quantitative estimate of drug-likeness (QED) is 0.802. The average Bonchev–Trinajstić information content (AvgIpc) is 3.31. The van der Waals surface area contributed by atoms with Crippen LogP contribution in [-0.4, -0.2) is 17.7 Å². The highest BCUT2D eigenvalue weighted by Gasteiger charge is 2.29. The van der Waals surface area contributed by atoms with Gasteiger partial charge in [0.1, 0.15) is 0 Å². The lowest BCUT2D eigenvalue weighted by atomic mass is 10.0. The number of nitrogens with zero attached hydrogens (tertiary/aromatic N) is 2. The number of hydrogen-bond donors (Lipinski definition) is 1. The van der Waals surface area contributed by atoms with Crippen molar-refractivity contribution in [3.05, 3.63) is 54.1 Å². The van der Waals surface area contributed by atoms with Crippen LogP contribution in [0, 0.1) is 11.8 Å². The Hall–Kier alpha value is -1.90. The van der Waals surface area contributed by atoms with Crippen LogP contribution in [0.1, 0.15) is 32.3 Å². The van der Waals surface area contributed by atoms with Crippen molar-refractivity contribution >= 4 is 5.71 Å². The molecule has 20 heavy (non-hydrogen) atoms. The van der Waals surface area contributed by atoms with Gasteiger partial charge in [-0.25, -0.2) is 0 Å². The van der Waals surface area contributed by atoms with Gasteiger partial charge >= 0.3 is 0 Å². The molecule has 1 aliphatic carbocycles. The smallest absolute Gasteiger partial charge is 0.0737 e. The lowest BCUT2D eigenvalue weighted by Gasteiger charge is -2.11. The first kappa shape index (κ1) is 14.5. The molecule has 0 bridgehead atoms. The van der Waals surface area contributed by atoms with Crippen LogP contribution < -0.4 is 5.32 Å². The fourth-order valence-electron chi connectivity index (χ4n) is 2.10. The van der Waals surface area contributed by atoms with Crippen molar-refractivity contribution in [3.8, 4) is 0 Å². The minimum absolute atomic E-state index is 0.463. The Bertz CT molecular complexity index is 524. The van der Waals surface area contributed by atoms with Gasteiger partial charge in [0, 0.05) is 42.3 Å². The SMILES string of the molecule is C=C(/N=C(\C=C(\C)NC)c1cccnc1)C(C)C1CC1. The molecule has 1 heterocycles. The van der Waals surface area contributed by atoms with E-state index in [0.717, 1.165) is 28.6 Å². The van der Waals surface area contributed by atoms with E-state index >= 15 is 0 Å². The van der Waals surface area contributed by atoms with Crippen molar-refractivity contribution in [3.63, 3.8) is 0 Å². The van der Waals surface area contributed by atoms with Crippen LogP contribution in [0.3, 0.4) is 0 Å². The summed E-state index contributed by atoms with van der Waals surface area (Å²) in [7, 11) is 1.91. The van der Waals surface area contributed by atoms with Crippen LogP contribution in [0.4, 0.5) is 0 Å². The molecule has 1 N–H and O–H groups in total. The highest BCUT2D eigenvalue weighted by molar-refractivity contribution is 6.09. The van der Waals surface area contributed by atoms with E-state index in [1.54, 1.807) is 6.20 Å². The van der Waals surface area contributed by atoms with E-state index in [4.69, 9.17) is 4.99 Å². The van der Waals surface area contributed by atoms with E-state index < -0.39 is 0 Å². The first-order valence-corrected chi connectivity index (χ1v) is 7.15. The fourth-order valence-corrected chi connectivity index (χ4v) is 2.10. The summed E-state index contributed by atoms with van der Waals surface area (Å²) in [5.41, 5.74) is 3.97. The van der Waals surface area contributed by atoms with Crippen molar-refractivity contribution < 1.29 is 0 Å². The van der Waals surface area contributed by atoms with E-state index in [-0.39, 0.29) is 0 Å². The number of pyridine rings is 1. The van der Waals surface area contributed by atoms with E-state index in [0.29, 0.717) is 5.92 Å². The maximum Gasteiger partial charge on any atom is 0.0737 e. The van der Waals surface area contributed by atoms with Gasteiger partial charge in [0.2, 0.25) is 0 Å². The molecule has 1 aromatic rings. The first-order chi connectivity index (χ1) is 9.61. The molecule has 0 aromatic carbocycles. The molecule has 0 saturated heterocycles. The monoisotopic (exact) mass is 269 g/mol. The molecule has 0 spiro atoms. The highest BCUT2D eigenvalue weighted by Crippen LogP contribution is 2.40. The molecule has 1 saturated carbocycles. The minimum atomic E-state index is 0.463. The second kappa shape index (κ2) is 6.51. The Kier molecular flexibility index (Phi) is 4.72. The molecule has 1 atom stereocenters. The Morgan fingerprint density at radius 1 is 1.55 bits per heavy atom. The normalized spacial score (nSPS) is 17.8. The summed E-state index contributed by atoms with van der Waals surface area (Å²) in [6.07, 6.45) is 8.28. The molecule has 3 nitrogen and oxygen atoms in total. The molecule has 1 aromatic heterocycles. The van der Waals surface area contributed by atoms with Gasteiger partial charge in [-0.15, -0.1) is 0 Å². The summed E-state index contributed by atoms with van der Waals surface area (Å²) in [5, 5.41) is 3.13. The Balaban J connectivity index is 2.28. The second-order valence-electron chi connectivity index (χ2n) is 5.43. The third kappa shape index (κ3) is 3.80. The van der Waals surface area contributed by atoms with Crippen LogP contribution in [-0.2, 0) is 0 Å². The lowest BCUT2D eigenvalue weighted by molar-refractivity contribution is 0.588. The molecule has 1 aliphatic rings. The predicted octanol–water partition coefficient (Wildman–Crippen LogP) is 3.55. The molecular formula is C17H23N3. The van der Waals surface area contributed by atoms with Crippen LogP contribution in [0.15, 0.2) is 53.6 Å². The van der Waals surface area contributed by atoms with E-state index in [9.17, 15) is 0 Å². The van der Waals surface area contributed by atoms with E-state index in [1.807, 2.05) is 38.4 Å². The molecular weight excluding hydrogens is 246 g/mol. The van der Waals surface area contributed by atoms with Crippen molar-refractivity contribution in [1.29, 1.82) is 0 Å². The summed E-state index contributed by atoms with van der Waals surface area (Å²) >= 11 is 0. The topological polar surface area (TPSA) is 37.3 Å². The number of aromatic nitrogens is 1. The van der Waals surface area contributed by atoms with Gasteiger partial charge in [-0.05, 0) is 43.9 Å². The van der Waals surface area contributed by atoms with Gasteiger partial charge in [-0.3, -0.25) is 9.98 Å².